The number of rotatable bonds is 3. The smallest absolute Gasteiger partial charge is 0.306 e. The lowest BCUT2D eigenvalue weighted by atomic mass is 9.32. The van der Waals surface area contributed by atoms with E-state index in [9.17, 15) is 20.1 Å². The second-order valence-corrected chi connectivity index (χ2v) is 14.9. The molecule has 3 N–H and O–H groups in total. The molecule has 5 aliphatic carbocycles. The van der Waals surface area contributed by atoms with Crippen LogP contribution in [0.5, 0.6) is 0 Å². The van der Waals surface area contributed by atoms with Gasteiger partial charge in [-0.2, -0.15) is 0 Å². The van der Waals surface area contributed by atoms with E-state index in [0.717, 1.165) is 32.1 Å². The van der Waals surface area contributed by atoms with E-state index in [0.29, 0.717) is 23.7 Å². The number of carbonyl (C=O) groups is 1. The number of aliphatic hydroxyl groups is 2. The summed E-state index contributed by atoms with van der Waals surface area (Å²) in [6.07, 6.45) is 10.8. The van der Waals surface area contributed by atoms with Crippen molar-refractivity contribution in [3.05, 3.63) is 0 Å². The van der Waals surface area contributed by atoms with E-state index >= 15 is 0 Å². The Kier molecular flexibility index (Phi) is 5.67. The van der Waals surface area contributed by atoms with Gasteiger partial charge in [-0.25, -0.2) is 0 Å². The molecule has 0 unspecified atom stereocenters. The van der Waals surface area contributed by atoms with Crippen molar-refractivity contribution in [3.63, 3.8) is 0 Å². The highest BCUT2D eigenvalue weighted by Crippen LogP contribution is 2.77. The Bertz CT molecular complexity index is 838. The number of aliphatic hydroxyl groups excluding tert-OH is 2. The van der Waals surface area contributed by atoms with Gasteiger partial charge >= 0.3 is 5.97 Å². The van der Waals surface area contributed by atoms with Crippen LogP contribution in [0.25, 0.3) is 0 Å². The van der Waals surface area contributed by atoms with Crippen molar-refractivity contribution in [2.45, 2.75) is 112 Å². The molecule has 0 bridgehead atoms. The van der Waals surface area contributed by atoms with Crippen molar-refractivity contribution in [2.75, 3.05) is 6.61 Å². The third-order valence-corrected chi connectivity index (χ3v) is 14.0. The standard InChI is InChI=1S/C30H50O4/c1-18(25(33)34)19-9-14-30(17-31)16-15-28(5)20(24(19)30)7-8-22-27(4)12-11-23(32)26(2,3)21(27)10-13-29(22,28)6/h18-24,31-32H,7-17H2,1-6H3,(H,33,34)/t18-,19+,20+,21+,22-,23+,24+,27-,28+,29-,30-/m0/s1. The monoisotopic (exact) mass is 474 g/mol. The molecule has 0 aromatic rings. The predicted molar refractivity (Wildman–Crippen MR) is 134 cm³/mol. The van der Waals surface area contributed by atoms with Gasteiger partial charge in [-0.15, -0.1) is 0 Å². The third-order valence-electron chi connectivity index (χ3n) is 14.0. The first kappa shape index (κ1) is 25.1. The Balaban J connectivity index is 1.54. The largest absolute Gasteiger partial charge is 0.481 e. The molecule has 0 aromatic carbocycles. The maximum absolute atomic E-state index is 12.1. The molecule has 194 valence electrons. The number of fused-ring (bicyclic) bond motifs is 7. The van der Waals surface area contributed by atoms with Gasteiger partial charge in [0.2, 0.25) is 0 Å². The van der Waals surface area contributed by atoms with Gasteiger partial charge < -0.3 is 15.3 Å². The zero-order valence-electron chi connectivity index (χ0n) is 22.6. The van der Waals surface area contributed by atoms with Crippen molar-refractivity contribution in [2.24, 2.45) is 62.6 Å². The zero-order chi connectivity index (χ0) is 24.9. The molecule has 0 amide bonds. The summed E-state index contributed by atoms with van der Waals surface area (Å²) in [7, 11) is 0. The molecule has 4 heteroatoms. The first-order valence-corrected chi connectivity index (χ1v) is 14.3. The molecule has 5 fully saturated rings. The molecule has 11 atom stereocenters. The first-order chi connectivity index (χ1) is 15.8. The highest BCUT2D eigenvalue weighted by atomic mass is 16.4. The van der Waals surface area contributed by atoms with Crippen LogP contribution in [0.2, 0.25) is 0 Å². The maximum atomic E-state index is 12.1. The molecule has 5 rings (SSSR count). The molecular formula is C30H50O4. The summed E-state index contributed by atoms with van der Waals surface area (Å²) in [5, 5.41) is 31.5. The summed E-state index contributed by atoms with van der Waals surface area (Å²) in [6.45, 7) is 14.5. The van der Waals surface area contributed by atoms with E-state index in [-0.39, 0.29) is 51.6 Å². The van der Waals surface area contributed by atoms with Gasteiger partial charge in [0.15, 0.2) is 0 Å². The molecule has 0 heterocycles. The maximum Gasteiger partial charge on any atom is 0.306 e. The lowest BCUT2D eigenvalue weighted by Crippen LogP contribution is -2.67. The Hall–Kier alpha value is -0.610. The predicted octanol–water partition coefficient (Wildman–Crippen LogP) is 6.14. The summed E-state index contributed by atoms with van der Waals surface area (Å²) in [6, 6.07) is 0. The molecule has 0 radical (unpaired) electrons. The van der Waals surface area contributed by atoms with Crippen LogP contribution < -0.4 is 0 Å². The van der Waals surface area contributed by atoms with E-state index in [1.165, 1.54) is 32.1 Å². The molecule has 0 saturated heterocycles. The average Bonchev–Trinajstić information content (AvgIpc) is 3.16. The second kappa shape index (κ2) is 7.70. The number of hydrogen-bond donors (Lipinski definition) is 3. The van der Waals surface area contributed by atoms with Crippen LogP contribution in [0.1, 0.15) is 106 Å². The molecule has 0 spiro atoms. The molecule has 4 nitrogen and oxygen atoms in total. The van der Waals surface area contributed by atoms with Gasteiger partial charge in [0.25, 0.3) is 0 Å². The van der Waals surface area contributed by atoms with E-state index in [1.807, 2.05) is 6.92 Å². The van der Waals surface area contributed by atoms with E-state index in [2.05, 4.69) is 34.6 Å². The Labute approximate surface area is 207 Å². The molecule has 0 aliphatic heterocycles. The first-order valence-electron chi connectivity index (χ1n) is 14.3. The highest BCUT2D eigenvalue weighted by Gasteiger charge is 2.71. The summed E-state index contributed by atoms with van der Waals surface area (Å²) < 4.78 is 0. The van der Waals surface area contributed by atoms with Crippen LogP contribution >= 0.6 is 0 Å². The SMILES string of the molecule is C[C@H](C(=O)O)[C@H]1CC[C@@]2(CO)CC[C@]3(C)[C@H](CC[C@H]4[C@@]5(C)CC[C@@H](O)C(C)(C)[C@H]5CC[C@@]43C)[C@@H]12. The molecule has 5 saturated carbocycles. The summed E-state index contributed by atoms with van der Waals surface area (Å²) >= 11 is 0. The normalized spacial score (nSPS) is 54.8. The molecule has 34 heavy (non-hydrogen) atoms. The van der Waals surface area contributed by atoms with Crippen LogP contribution in [0, 0.1) is 62.6 Å². The minimum absolute atomic E-state index is 0.0296. The van der Waals surface area contributed by atoms with Crippen LogP contribution in [-0.4, -0.2) is 34.0 Å². The van der Waals surface area contributed by atoms with Crippen LogP contribution in [0.4, 0.5) is 0 Å². The Morgan fingerprint density at radius 1 is 0.853 bits per heavy atom. The molecular weight excluding hydrogens is 424 g/mol. The van der Waals surface area contributed by atoms with Gasteiger partial charge in [-0.1, -0.05) is 41.5 Å². The average molecular weight is 475 g/mol. The van der Waals surface area contributed by atoms with Crippen molar-refractivity contribution in [3.8, 4) is 0 Å². The molecule has 5 aliphatic rings. The lowest BCUT2D eigenvalue weighted by Gasteiger charge is -2.73. The van der Waals surface area contributed by atoms with Crippen LogP contribution in [0.15, 0.2) is 0 Å². The number of aliphatic carboxylic acids is 1. The zero-order valence-corrected chi connectivity index (χ0v) is 22.6. The minimum Gasteiger partial charge on any atom is -0.481 e. The fourth-order valence-electron chi connectivity index (χ4n) is 11.8. The van der Waals surface area contributed by atoms with E-state index < -0.39 is 5.97 Å². The minimum atomic E-state index is -0.665. The fraction of sp³-hybridized carbons (Fsp3) is 0.967. The fourth-order valence-corrected chi connectivity index (χ4v) is 11.8. The van der Waals surface area contributed by atoms with Crippen molar-refractivity contribution >= 4 is 5.97 Å². The molecule has 0 aromatic heterocycles. The van der Waals surface area contributed by atoms with Gasteiger partial charge in [0.05, 0.1) is 12.0 Å². The quantitative estimate of drug-likeness (QED) is 0.459. The lowest BCUT2D eigenvalue weighted by molar-refractivity contribution is -0.251. The highest BCUT2D eigenvalue weighted by molar-refractivity contribution is 5.70. The van der Waals surface area contributed by atoms with E-state index in [1.54, 1.807) is 0 Å². The van der Waals surface area contributed by atoms with Gasteiger partial charge in [-0.3, -0.25) is 4.79 Å². The van der Waals surface area contributed by atoms with Gasteiger partial charge in [0, 0.05) is 6.61 Å². The third kappa shape index (κ3) is 2.93. The number of carboxylic acids is 1. The number of carboxylic acid groups (broad SMARTS) is 1. The topological polar surface area (TPSA) is 77.8 Å². The van der Waals surface area contributed by atoms with Crippen LogP contribution in [0.3, 0.4) is 0 Å². The number of hydrogen-bond acceptors (Lipinski definition) is 3. The van der Waals surface area contributed by atoms with Crippen molar-refractivity contribution in [1.29, 1.82) is 0 Å². The summed E-state index contributed by atoms with van der Waals surface area (Å²) in [4.78, 5) is 12.1. The van der Waals surface area contributed by atoms with Gasteiger partial charge in [0.1, 0.15) is 0 Å². The summed E-state index contributed by atoms with van der Waals surface area (Å²) in [5.74, 6) is 1.24. The second-order valence-electron chi connectivity index (χ2n) is 14.9. The van der Waals surface area contributed by atoms with Crippen molar-refractivity contribution < 1.29 is 20.1 Å². The Morgan fingerprint density at radius 3 is 2.21 bits per heavy atom. The van der Waals surface area contributed by atoms with Crippen LogP contribution in [-0.2, 0) is 4.79 Å². The van der Waals surface area contributed by atoms with E-state index in [4.69, 9.17) is 0 Å². The van der Waals surface area contributed by atoms with Gasteiger partial charge in [-0.05, 0) is 121 Å². The Morgan fingerprint density at radius 2 is 1.56 bits per heavy atom. The van der Waals surface area contributed by atoms with Crippen molar-refractivity contribution in [1.82, 2.24) is 0 Å². The summed E-state index contributed by atoms with van der Waals surface area (Å²) in [5.41, 5.74) is 0.589.